The minimum atomic E-state index is -4.60. The predicted octanol–water partition coefficient (Wildman–Crippen LogP) is 1.40. The summed E-state index contributed by atoms with van der Waals surface area (Å²) >= 11 is 6.00. The third-order valence-electron chi connectivity index (χ3n) is 4.94. The standard InChI is InChI=1S/C16H11ClF3NO4/c17-8-2-1-7(16(18,19)20)5-9(8)21-6-15-4-3-10(25-15)11(14(23)24)12(15)13(21)22/h1-5,10-12H,6H2,(H,23,24)/p-1/t10-,11-,12+,15-/m0/s1. The maximum absolute atomic E-state index is 13.0. The van der Waals surface area contributed by atoms with Crippen LogP contribution < -0.4 is 10.0 Å². The van der Waals surface area contributed by atoms with Gasteiger partial charge in [-0.25, -0.2) is 0 Å². The van der Waals surface area contributed by atoms with E-state index in [1.807, 2.05) is 0 Å². The van der Waals surface area contributed by atoms with Crippen molar-refractivity contribution in [1.29, 1.82) is 0 Å². The summed E-state index contributed by atoms with van der Waals surface area (Å²) in [6.07, 6.45) is -2.22. The molecular formula is C16H10ClF3NO4-. The molecule has 1 amide bonds. The van der Waals surface area contributed by atoms with Crippen molar-refractivity contribution in [3.05, 3.63) is 40.9 Å². The summed E-state index contributed by atoms with van der Waals surface area (Å²) < 4.78 is 44.5. The van der Waals surface area contributed by atoms with Gasteiger partial charge in [0.1, 0.15) is 5.60 Å². The molecule has 9 heteroatoms. The number of carboxylic acid groups (broad SMARTS) is 1. The van der Waals surface area contributed by atoms with Crippen molar-refractivity contribution < 1.29 is 32.6 Å². The number of carbonyl (C=O) groups excluding carboxylic acids is 2. The summed E-state index contributed by atoms with van der Waals surface area (Å²) in [6.45, 7) is -0.103. The molecule has 0 saturated carbocycles. The Bertz CT molecular complexity index is 824. The van der Waals surface area contributed by atoms with Crippen LogP contribution in [0.4, 0.5) is 18.9 Å². The van der Waals surface area contributed by atoms with Gasteiger partial charge < -0.3 is 19.5 Å². The van der Waals surface area contributed by atoms with Crippen LogP contribution in [0.3, 0.4) is 0 Å². The fourth-order valence-electron chi connectivity index (χ4n) is 3.87. The summed E-state index contributed by atoms with van der Waals surface area (Å²) in [7, 11) is 0. The highest BCUT2D eigenvalue weighted by Gasteiger charge is 2.65. The molecule has 2 fully saturated rings. The number of hydrogen-bond acceptors (Lipinski definition) is 4. The molecule has 132 valence electrons. The number of ether oxygens (including phenoxy) is 1. The first kappa shape index (κ1) is 16.4. The van der Waals surface area contributed by atoms with Crippen LogP contribution in [0.15, 0.2) is 30.4 Å². The number of fused-ring (bicyclic) bond motifs is 1. The summed E-state index contributed by atoms with van der Waals surface area (Å²) in [5, 5.41) is 11.4. The van der Waals surface area contributed by atoms with Crippen LogP contribution in [0, 0.1) is 11.8 Å². The summed E-state index contributed by atoms with van der Waals surface area (Å²) in [6, 6.07) is 2.66. The van der Waals surface area contributed by atoms with Crippen LogP contribution in [-0.2, 0) is 20.5 Å². The number of aliphatic carboxylic acids is 1. The average Bonchev–Trinajstić information content (AvgIpc) is 3.15. The van der Waals surface area contributed by atoms with Gasteiger partial charge in [-0.05, 0) is 18.2 Å². The molecule has 0 unspecified atom stereocenters. The molecular weight excluding hydrogens is 363 g/mol. The van der Waals surface area contributed by atoms with Gasteiger partial charge in [0.15, 0.2) is 0 Å². The van der Waals surface area contributed by atoms with Gasteiger partial charge in [-0.1, -0.05) is 23.8 Å². The maximum Gasteiger partial charge on any atom is 0.416 e. The fourth-order valence-corrected chi connectivity index (χ4v) is 4.09. The van der Waals surface area contributed by atoms with E-state index in [-0.39, 0.29) is 17.3 Å². The Hall–Kier alpha value is -2.06. The zero-order chi connectivity index (χ0) is 18.1. The average molecular weight is 373 g/mol. The number of hydrogen-bond donors (Lipinski definition) is 0. The van der Waals surface area contributed by atoms with E-state index in [0.29, 0.717) is 0 Å². The molecule has 1 spiro atoms. The Morgan fingerprint density at radius 2 is 2.12 bits per heavy atom. The molecule has 0 radical (unpaired) electrons. The lowest BCUT2D eigenvalue weighted by Gasteiger charge is -2.24. The van der Waals surface area contributed by atoms with Crippen molar-refractivity contribution in [1.82, 2.24) is 0 Å². The molecule has 1 aromatic carbocycles. The van der Waals surface area contributed by atoms with Crippen molar-refractivity contribution in [2.24, 2.45) is 11.8 Å². The number of anilines is 1. The van der Waals surface area contributed by atoms with Crippen molar-refractivity contribution in [3.8, 4) is 0 Å². The molecule has 4 rings (SSSR count). The molecule has 5 nitrogen and oxygen atoms in total. The van der Waals surface area contributed by atoms with E-state index in [2.05, 4.69) is 0 Å². The van der Waals surface area contributed by atoms with Gasteiger partial charge in [-0.15, -0.1) is 0 Å². The number of carboxylic acids is 1. The molecule has 0 aliphatic carbocycles. The summed E-state index contributed by atoms with van der Waals surface area (Å²) in [5.74, 6) is -4.28. The number of rotatable bonds is 2. The van der Waals surface area contributed by atoms with Gasteiger partial charge in [-0.2, -0.15) is 13.2 Å². The lowest BCUT2D eigenvalue weighted by molar-refractivity contribution is -0.313. The molecule has 0 N–H and O–H groups in total. The number of halogens is 4. The Kier molecular flexibility index (Phi) is 3.27. The Morgan fingerprint density at radius 3 is 2.76 bits per heavy atom. The minimum Gasteiger partial charge on any atom is -0.550 e. The van der Waals surface area contributed by atoms with Crippen molar-refractivity contribution in [3.63, 3.8) is 0 Å². The second kappa shape index (κ2) is 4.98. The third-order valence-corrected chi connectivity index (χ3v) is 5.26. The SMILES string of the molecule is O=C([O-])[C@H]1[C@@H]2C=C[C@@]3(CN(c4cc(C(F)(F)F)ccc4Cl)C(=O)[C@@H]13)O2. The highest BCUT2D eigenvalue weighted by atomic mass is 35.5. The van der Waals surface area contributed by atoms with Crippen molar-refractivity contribution in [2.45, 2.75) is 17.9 Å². The van der Waals surface area contributed by atoms with Crippen LogP contribution in [0.2, 0.25) is 5.02 Å². The monoisotopic (exact) mass is 372 g/mol. The van der Waals surface area contributed by atoms with E-state index in [9.17, 15) is 27.9 Å². The van der Waals surface area contributed by atoms with E-state index >= 15 is 0 Å². The molecule has 3 aliphatic heterocycles. The highest BCUT2D eigenvalue weighted by Crippen LogP contribution is 2.53. The largest absolute Gasteiger partial charge is 0.550 e. The second-order valence-corrected chi connectivity index (χ2v) is 6.71. The maximum atomic E-state index is 13.0. The number of carbonyl (C=O) groups is 2. The Morgan fingerprint density at radius 1 is 1.40 bits per heavy atom. The lowest BCUT2D eigenvalue weighted by atomic mass is 9.77. The van der Waals surface area contributed by atoms with E-state index in [4.69, 9.17) is 16.3 Å². The van der Waals surface area contributed by atoms with Crippen LogP contribution in [0.25, 0.3) is 0 Å². The van der Waals surface area contributed by atoms with Gasteiger partial charge >= 0.3 is 6.18 Å². The molecule has 3 aliphatic rings. The van der Waals surface area contributed by atoms with Gasteiger partial charge in [0.2, 0.25) is 5.91 Å². The Balaban J connectivity index is 1.76. The first-order valence-electron chi connectivity index (χ1n) is 7.40. The quantitative estimate of drug-likeness (QED) is 0.736. The molecule has 0 aromatic heterocycles. The molecule has 25 heavy (non-hydrogen) atoms. The van der Waals surface area contributed by atoms with Gasteiger partial charge in [-0.3, -0.25) is 4.79 Å². The van der Waals surface area contributed by atoms with E-state index in [1.165, 1.54) is 0 Å². The van der Waals surface area contributed by atoms with E-state index in [0.717, 1.165) is 23.1 Å². The first-order chi connectivity index (χ1) is 11.6. The number of alkyl halides is 3. The topological polar surface area (TPSA) is 69.7 Å². The zero-order valence-electron chi connectivity index (χ0n) is 12.4. The summed E-state index contributed by atoms with van der Waals surface area (Å²) in [5.41, 5.74) is -2.25. The number of nitrogens with zero attached hydrogens (tertiary/aromatic N) is 1. The van der Waals surface area contributed by atoms with E-state index < -0.39 is 47.2 Å². The van der Waals surface area contributed by atoms with Crippen LogP contribution in [0.5, 0.6) is 0 Å². The molecule has 2 bridgehead atoms. The fraction of sp³-hybridized carbons (Fsp3) is 0.375. The van der Waals surface area contributed by atoms with Crippen molar-refractivity contribution >= 4 is 29.2 Å². The minimum absolute atomic E-state index is 0.0405. The van der Waals surface area contributed by atoms with Crippen LogP contribution >= 0.6 is 11.6 Å². The van der Waals surface area contributed by atoms with Gasteiger partial charge in [0, 0.05) is 11.9 Å². The Labute approximate surface area is 144 Å². The molecule has 1 aromatic rings. The smallest absolute Gasteiger partial charge is 0.416 e. The van der Waals surface area contributed by atoms with Crippen LogP contribution in [-0.4, -0.2) is 30.1 Å². The van der Waals surface area contributed by atoms with Gasteiger partial charge in [0.05, 0.1) is 34.8 Å². The van der Waals surface area contributed by atoms with E-state index in [1.54, 1.807) is 12.2 Å². The predicted molar refractivity (Wildman–Crippen MR) is 77.5 cm³/mol. The first-order valence-corrected chi connectivity index (χ1v) is 7.78. The normalized spacial score (nSPS) is 33.2. The zero-order valence-corrected chi connectivity index (χ0v) is 13.2. The number of amides is 1. The van der Waals surface area contributed by atoms with Crippen molar-refractivity contribution in [2.75, 3.05) is 11.4 Å². The van der Waals surface area contributed by atoms with Crippen LogP contribution in [0.1, 0.15) is 5.56 Å². The third kappa shape index (κ3) is 2.20. The number of benzene rings is 1. The summed E-state index contributed by atoms with van der Waals surface area (Å²) in [4.78, 5) is 25.2. The molecule has 4 atom stereocenters. The lowest BCUT2D eigenvalue weighted by Crippen LogP contribution is -2.45. The molecule has 3 heterocycles. The highest BCUT2D eigenvalue weighted by molar-refractivity contribution is 6.34. The molecule has 2 saturated heterocycles. The van der Waals surface area contributed by atoms with Gasteiger partial charge in [0.25, 0.3) is 0 Å². The second-order valence-electron chi connectivity index (χ2n) is 6.31.